The maximum absolute atomic E-state index is 12.0. The van der Waals surface area contributed by atoms with E-state index < -0.39 is 11.6 Å². The Morgan fingerprint density at radius 3 is 2.28 bits per heavy atom. The van der Waals surface area contributed by atoms with Crippen LogP contribution in [0.15, 0.2) is 9.34 Å². The number of carbonyl (C=O) groups excluding carboxylic acids is 2. The number of hydrogen-bond acceptors (Lipinski definition) is 4. The van der Waals surface area contributed by atoms with Gasteiger partial charge in [-0.1, -0.05) is 0 Å². The molecule has 0 aliphatic carbocycles. The maximum Gasteiger partial charge on any atom is 0.314 e. The molecule has 0 saturated carbocycles. The number of halogens is 2. The zero-order valence-electron chi connectivity index (χ0n) is 10.6. The number of hydrogen-bond donors (Lipinski definition) is 0. The van der Waals surface area contributed by atoms with Gasteiger partial charge in [-0.05, 0) is 52.6 Å². The second-order valence-corrected chi connectivity index (χ2v) is 6.23. The molecule has 18 heavy (non-hydrogen) atoms. The molecule has 1 aromatic rings. The van der Waals surface area contributed by atoms with Gasteiger partial charge in [-0.25, -0.2) is 4.98 Å². The number of carbonyl (C=O) groups is 2. The van der Waals surface area contributed by atoms with Gasteiger partial charge in [0.2, 0.25) is 0 Å². The summed E-state index contributed by atoms with van der Waals surface area (Å²) in [4.78, 5) is 27.6. The van der Waals surface area contributed by atoms with Gasteiger partial charge >= 0.3 is 5.97 Å². The fourth-order valence-corrected chi connectivity index (χ4v) is 2.58. The molecule has 7 heteroatoms. The SMILES string of the molecule is Cn1c(Br)nc(Br)c1C(=O)CC(=O)OC(C)(C)C. The molecule has 0 amide bonds. The van der Waals surface area contributed by atoms with Crippen LogP contribution in [0.5, 0.6) is 0 Å². The Kier molecular flexibility index (Phi) is 4.72. The molecule has 0 aromatic carbocycles. The summed E-state index contributed by atoms with van der Waals surface area (Å²) in [6.07, 6.45) is -0.304. The van der Waals surface area contributed by atoms with Crippen molar-refractivity contribution < 1.29 is 14.3 Å². The van der Waals surface area contributed by atoms with Gasteiger partial charge < -0.3 is 9.30 Å². The van der Waals surface area contributed by atoms with E-state index in [0.29, 0.717) is 15.0 Å². The molecule has 0 aliphatic rings. The van der Waals surface area contributed by atoms with Crippen LogP contribution >= 0.6 is 31.9 Å². The van der Waals surface area contributed by atoms with E-state index >= 15 is 0 Å². The molecule has 0 aliphatic heterocycles. The third-order valence-corrected chi connectivity index (χ3v) is 3.25. The van der Waals surface area contributed by atoms with Gasteiger partial charge in [0.25, 0.3) is 0 Å². The Bertz CT molecular complexity index is 489. The number of aromatic nitrogens is 2. The highest BCUT2D eigenvalue weighted by Gasteiger charge is 2.24. The Labute approximate surface area is 122 Å². The summed E-state index contributed by atoms with van der Waals surface area (Å²) in [5.41, 5.74) is -0.255. The van der Waals surface area contributed by atoms with Gasteiger partial charge in [-0.15, -0.1) is 0 Å². The minimum Gasteiger partial charge on any atom is -0.460 e. The first kappa shape index (κ1) is 15.4. The van der Waals surface area contributed by atoms with Crippen molar-refractivity contribution in [3.8, 4) is 0 Å². The van der Waals surface area contributed by atoms with Crippen molar-refractivity contribution in [2.75, 3.05) is 0 Å². The first-order chi connectivity index (χ1) is 8.11. The molecule has 0 saturated heterocycles. The van der Waals surface area contributed by atoms with Crippen molar-refractivity contribution in [2.24, 2.45) is 7.05 Å². The van der Waals surface area contributed by atoms with Crippen LogP contribution in [0.2, 0.25) is 0 Å². The molecule has 0 spiro atoms. The first-order valence-corrected chi connectivity index (χ1v) is 6.83. The van der Waals surface area contributed by atoms with Gasteiger partial charge in [0.05, 0.1) is 0 Å². The number of nitrogens with zero attached hydrogens (tertiary/aromatic N) is 2. The Morgan fingerprint density at radius 1 is 1.33 bits per heavy atom. The van der Waals surface area contributed by atoms with Crippen LogP contribution in [0, 0.1) is 0 Å². The average Bonchev–Trinajstić information content (AvgIpc) is 2.37. The molecule has 5 nitrogen and oxygen atoms in total. The lowest BCUT2D eigenvalue weighted by atomic mass is 10.2. The van der Waals surface area contributed by atoms with Crippen LogP contribution < -0.4 is 0 Å². The van der Waals surface area contributed by atoms with Gasteiger partial charge in [0.15, 0.2) is 10.5 Å². The average molecular weight is 382 g/mol. The van der Waals surface area contributed by atoms with Gasteiger partial charge in [-0.2, -0.15) is 0 Å². The lowest BCUT2D eigenvalue weighted by Gasteiger charge is -2.19. The van der Waals surface area contributed by atoms with E-state index in [2.05, 4.69) is 36.8 Å². The minimum atomic E-state index is -0.596. The predicted molar refractivity (Wildman–Crippen MR) is 73.4 cm³/mol. The molecule has 1 aromatic heterocycles. The lowest BCUT2D eigenvalue weighted by Crippen LogP contribution is -2.25. The molecule has 0 N–H and O–H groups in total. The summed E-state index contributed by atoms with van der Waals surface area (Å²) in [7, 11) is 1.68. The summed E-state index contributed by atoms with van der Waals surface area (Å²) >= 11 is 6.39. The summed E-state index contributed by atoms with van der Waals surface area (Å²) in [6, 6.07) is 0. The molecule has 0 fully saturated rings. The van der Waals surface area contributed by atoms with E-state index in [4.69, 9.17) is 4.74 Å². The fourth-order valence-electron chi connectivity index (χ4n) is 1.33. The molecule has 0 bridgehead atoms. The predicted octanol–water partition coefficient (Wildman–Crippen LogP) is 2.86. The standard InChI is InChI=1S/C11H14Br2N2O3/c1-11(2,3)18-7(17)5-6(16)8-9(12)14-10(13)15(8)4/h5H2,1-4H3. The summed E-state index contributed by atoms with van der Waals surface area (Å²) in [5, 5.41) is 0. The van der Waals surface area contributed by atoms with E-state index in [-0.39, 0.29) is 12.2 Å². The smallest absolute Gasteiger partial charge is 0.314 e. The van der Waals surface area contributed by atoms with Crippen molar-refractivity contribution in [1.82, 2.24) is 9.55 Å². The van der Waals surface area contributed by atoms with E-state index in [1.54, 1.807) is 32.4 Å². The van der Waals surface area contributed by atoms with Crippen molar-refractivity contribution in [2.45, 2.75) is 32.8 Å². The molecule has 1 heterocycles. The highest BCUT2D eigenvalue weighted by molar-refractivity contribution is 9.11. The van der Waals surface area contributed by atoms with Gasteiger partial charge in [0, 0.05) is 7.05 Å². The van der Waals surface area contributed by atoms with E-state index in [1.165, 1.54) is 0 Å². The highest BCUT2D eigenvalue weighted by atomic mass is 79.9. The van der Waals surface area contributed by atoms with Crippen molar-refractivity contribution in [3.63, 3.8) is 0 Å². The maximum atomic E-state index is 12.0. The number of imidazole rings is 1. The second-order valence-electron chi connectivity index (χ2n) is 4.77. The van der Waals surface area contributed by atoms with Crippen LogP contribution in [0.1, 0.15) is 37.7 Å². The van der Waals surface area contributed by atoms with Crippen LogP contribution in [0.25, 0.3) is 0 Å². The summed E-state index contributed by atoms with van der Waals surface area (Å²) < 4.78 is 7.59. The number of ketones is 1. The van der Waals surface area contributed by atoms with Gasteiger partial charge in [0.1, 0.15) is 22.3 Å². The van der Waals surface area contributed by atoms with Crippen molar-refractivity contribution in [3.05, 3.63) is 15.0 Å². The third-order valence-electron chi connectivity index (χ3n) is 1.99. The molecular formula is C11H14Br2N2O3. The Balaban J connectivity index is 2.81. The zero-order valence-corrected chi connectivity index (χ0v) is 13.8. The number of rotatable bonds is 3. The summed E-state index contributed by atoms with van der Waals surface area (Å²) in [5.74, 6) is -0.881. The number of ether oxygens (including phenoxy) is 1. The summed E-state index contributed by atoms with van der Waals surface area (Å²) in [6.45, 7) is 5.27. The molecule has 0 radical (unpaired) electrons. The largest absolute Gasteiger partial charge is 0.460 e. The minimum absolute atomic E-state index is 0.304. The van der Waals surface area contributed by atoms with E-state index in [9.17, 15) is 9.59 Å². The number of esters is 1. The second kappa shape index (κ2) is 5.52. The van der Waals surface area contributed by atoms with Crippen LogP contribution in [0.4, 0.5) is 0 Å². The van der Waals surface area contributed by atoms with E-state index in [0.717, 1.165) is 0 Å². The molecular weight excluding hydrogens is 368 g/mol. The van der Waals surface area contributed by atoms with Crippen molar-refractivity contribution >= 4 is 43.6 Å². The quantitative estimate of drug-likeness (QED) is 0.458. The molecule has 1 rings (SSSR count). The Hall–Kier alpha value is -0.690. The third kappa shape index (κ3) is 3.91. The zero-order chi connectivity index (χ0) is 14.1. The topological polar surface area (TPSA) is 61.2 Å². The lowest BCUT2D eigenvalue weighted by molar-refractivity contribution is -0.153. The highest BCUT2D eigenvalue weighted by Crippen LogP contribution is 2.22. The normalized spacial score (nSPS) is 11.4. The van der Waals surface area contributed by atoms with Crippen LogP contribution in [-0.2, 0) is 16.6 Å². The first-order valence-electron chi connectivity index (χ1n) is 5.24. The fraction of sp³-hybridized carbons (Fsp3) is 0.545. The van der Waals surface area contributed by atoms with E-state index in [1.807, 2.05) is 0 Å². The van der Waals surface area contributed by atoms with Crippen molar-refractivity contribution in [1.29, 1.82) is 0 Å². The molecule has 0 atom stereocenters. The molecule has 100 valence electrons. The molecule has 0 unspecified atom stereocenters. The van der Waals surface area contributed by atoms with Crippen LogP contribution in [0.3, 0.4) is 0 Å². The van der Waals surface area contributed by atoms with Gasteiger partial charge in [-0.3, -0.25) is 9.59 Å². The van der Waals surface area contributed by atoms with Crippen LogP contribution in [-0.4, -0.2) is 26.9 Å². The monoisotopic (exact) mass is 380 g/mol. The number of Topliss-reactive ketones (excluding diaryl/α,β-unsaturated/α-hetero) is 1. The Morgan fingerprint density at radius 2 is 1.89 bits per heavy atom.